The van der Waals surface area contributed by atoms with Gasteiger partial charge in [-0.25, -0.2) is 0 Å². The largest absolute Gasteiger partial charge is 0.491 e. The van der Waals surface area contributed by atoms with Crippen molar-refractivity contribution in [2.45, 2.75) is 22.5 Å². The van der Waals surface area contributed by atoms with E-state index in [9.17, 15) is 0 Å². The molecule has 0 aromatic heterocycles. The number of alkyl halides is 4. The predicted octanol–water partition coefficient (Wildman–Crippen LogP) is 13.8. The molecule has 2 nitrogen and oxygen atoms in total. The van der Waals surface area contributed by atoms with Gasteiger partial charge in [0.1, 0.15) is 24.7 Å². The summed E-state index contributed by atoms with van der Waals surface area (Å²) in [5, 5.41) is 5.83. The standard InChI is InChI=1S/C28H20Br10O2/c1-12(15-2-4-17(33)25-23(15)19(35)6-21(37)27(25)39-10-13(31)8-29)16-3-5-18(34)26-24(16)20(36)7-22(38)28(26)40-11-14(32)9-30/h2-7,12-14H,8-11H2,1H3. The number of hydrogen-bond donors (Lipinski definition) is 0. The van der Waals surface area contributed by atoms with Gasteiger partial charge in [-0.3, -0.25) is 0 Å². The first kappa shape index (κ1) is 34.7. The summed E-state index contributed by atoms with van der Waals surface area (Å²) in [6.45, 7) is 3.30. The van der Waals surface area contributed by atoms with E-state index in [1.54, 1.807) is 0 Å². The predicted molar refractivity (Wildman–Crippen MR) is 206 cm³/mol. The van der Waals surface area contributed by atoms with Gasteiger partial charge >= 0.3 is 0 Å². The zero-order chi connectivity index (χ0) is 29.3. The molecule has 40 heavy (non-hydrogen) atoms. The van der Waals surface area contributed by atoms with Gasteiger partial charge in [-0.2, -0.15) is 0 Å². The molecule has 2 unspecified atom stereocenters. The molecule has 0 radical (unpaired) electrons. The summed E-state index contributed by atoms with van der Waals surface area (Å²) in [4.78, 5) is 0.381. The fraction of sp³-hybridized carbons (Fsp3) is 0.286. The molecule has 0 aliphatic rings. The highest BCUT2D eigenvalue weighted by atomic mass is 79.9. The Labute approximate surface area is 318 Å². The number of hydrogen-bond acceptors (Lipinski definition) is 2. The number of rotatable bonds is 10. The van der Waals surface area contributed by atoms with Gasteiger partial charge < -0.3 is 9.47 Å². The van der Waals surface area contributed by atoms with Gasteiger partial charge in [0.15, 0.2) is 0 Å². The first-order valence-electron chi connectivity index (χ1n) is 11.9. The molecule has 0 N–H and O–H groups in total. The molecule has 0 amide bonds. The molecule has 2 atom stereocenters. The lowest BCUT2D eigenvalue weighted by atomic mass is 9.86. The average molecular weight is 1190 g/mol. The van der Waals surface area contributed by atoms with E-state index in [0.717, 1.165) is 70.5 Å². The van der Waals surface area contributed by atoms with Gasteiger partial charge in [-0.05, 0) is 67.3 Å². The summed E-state index contributed by atoms with van der Waals surface area (Å²) in [5.74, 6) is 1.66. The van der Waals surface area contributed by atoms with E-state index in [-0.39, 0.29) is 15.6 Å². The zero-order valence-corrected chi connectivity index (χ0v) is 36.5. The van der Waals surface area contributed by atoms with Crippen LogP contribution in [0.15, 0.2) is 63.2 Å². The van der Waals surface area contributed by atoms with Crippen LogP contribution in [0.2, 0.25) is 0 Å². The fourth-order valence-electron chi connectivity index (χ4n) is 4.49. The molecule has 0 aliphatic heterocycles. The molecular formula is C28H20Br10O2. The van der Waals surface area contributed by atoms with Crippen LogP contribution in [0.3, 0.4) is 0 Å². The van der Waals surface area contributed by atoms with Crippen LogP contribution in [-0.4, -0.2) is 33.5 Å². The Morgan fingerprint density at radius 2 is 0.925 bits per heavy atom. The van der Waals surface area contributed by atoms with E-state index < -0.39 is 0 Å². The molecule has 4 rings (SSSR count). The lowest BCUT2D eigenvalue weighted by Gasteiger charge is -2.23. The van der Waals surface area contributed by atoms with Gasteiger partial charge in [0, 0.05) is 56.0 Å². The topological polar surface area (TPSA) is 18.5 Å². The highest BCUT2D eigenvalue weighted by Gasteiger charge is 2.25. The summed E-state index contributed by atoms with van der Waals surface area (Å²) >= 11 is 37.2. The Morgan fingerprint density at radius 3 is 1.27 bits per heavy atom. The van der Waals surface area contributed by atoms with Crippen LogP contribution in [0.4, 0.5) is 0 Å². The monoisotopic (exact) mass is 1180 g/mol. The maximum Gasteiger partial charge on any atom is 0.142 e. The average Bonchev–Trinajstić information content (AvgIpc) is 2.92. The molecule has 0 heterocycles. The quantitative estimate of drug-likeness (QED) is 0.147. The van der Waals surface area contributed by atoms with E-state index in [1.165, 1.54) is 11.1 Å². The van der Waals surface area contributed by atoms with Crippen LogP contribution in [0.5, 0.6) is 11.5 Å². The number of benzene rings is 4. The molecule has 4 aromatic carbocycles. The molecule has 12 heteroatoms. The van der Waals surface area contributed by atoms with Crippen LogP contribution >= 0.6 is 159 Å². The number of ether oxygens (including phenoxy) is 2. The minimum Gasteiger partial charge on any atom is -0.491 e. The Morgan fingerprint density at radius 1 is 0.550 bits per heavy atom. The smallest absolute Gasteiger partial charge is 0.142 e. The van der Waals surface area contributed by atoms with Crippen molar-refractivity contribution >= 4 is 181 Å². The van der Waals surface area contributed by atoms with E-state index in [4.69, 9.17) is 9.47 Å². The second kappa shape index (κ2) is 15.4. The van der Waals surface area contributed by atoms with Crippen molar-refractivity contribution in [3.8, 4) is 11.5 Å². The van der Waals surface area contributed by atoms with Crippen molar-refractivity contribution in [1.29, 1.82) is 0 Å². The molecule has 4 aromatic rings. The van der Waals surface area contributed by atoms with Crippen LogP contribution < -0.4 is 9.47 Å². The minimum atomic E-state index is 0.0415. The van der Waals surface area contributed by atoms with E-state index in [0.29, 0.717) is 13.2 Å². The molecule has 0 saturated carbocycles. The van der Waals surface area contributed by atoms with Crippen LogP contribution in [0.25, 0.3) is 21.5 Å². The Bertz CT molecular complexity index is 1440. The van der Waals surface area contributed by atoms with Crippen LogP contribution in [0, 0.1) is 0 Å². The first-order valence-corrected chi connectivity index (χ1v) is 20.7. The lowest BCUT2D eigenvalue weighted by molar-refractivity contribution is 0.327. The summed E-state index contributed by atoms with van der Waals surface area (Å²) in [5.41, 5.74) is 2.36. The Balaban J connectivity index is 1.94. The highest BCUT2D eigenvalue weighted by Crippen LogP contribution is 2.49. The number of fused-ring (bicyclic) bond motifs is 2. The van der Waals surface area contributed by atoms with Crippen molar-refractivity contribution in [3.05, 3.63) is 74.4 Å². The number of halogens is 10. The van der Waals surface area contributed by atoms with Crippen LogP contribution in [0.1, 0.15) is 24.0 Å². The third-order valence-electron chi connectivity index (χ3n) is 6.33. The molecule has 214 valence electrons. The van der Waals surface area contributed by atoms with Crippen LogP contribution in [-0.2, 0) is 0 Å². The SMILES string of the molecule is CC(c1ccc(Br)c2c(OCC(Br)CBr)c(Br)cc(Br)c12)c1ccc(Br)c2c(OCC(Br)CBr)c(Br)cc(Br)c12. The third kappa shape index (κ3) is 7.43. The second-order valence-electron chi connectivity index (χ2n) is 8.96. The van der Waals surface area contributed by atoms with Gasteiger partial charge in [0.2, 0.25) is 0 Å². The minimum absolute atomic E-state index is 0.0415. The van der Waals surface area contributed by atoms with E-state index >= 15 is 0 Å². The van der Waals surface area contributed by atoms with E-state index in [1.807, 2.05) is 0 Å². The molecule has 0 saturated heterocycles. The van der Waals surface area contributed by atoms with Crippen molar-refractivity contribution in [2.24, 2.45) is 0 Å². The first-order chi connectivity index (χ1) is 19.0. The van der Waals surface area contributed by atoms with Crippen molar-refractivity contribution < 1.29 is 9.47 Å². The highest BCUT2D eigenvalue weighted by molar-refractivity contribution is 9.13. The second-order valence-corrected chi connectivity index (χ2v) is 18.0. The summed E-state index contributed by atoms with van der Waals surface area (Å²) in [7, 11) is 0. The zero-order valence-electron chi connectivity index (χ0n) is 20.6. The van der Waals surface area contributed by atoms with Gasteiger partial charge in [-0.1, -0.05) is 146 Å². The van der Waals surface area contributed by atoms with Crippen molar-refractivity contribution in [3.63, 3.8) is 0 Å². The summed E-state index contributed by atoms with van der Waals surface area (Å²) < 4.78 is 18.4. The summed E-state index contributed by atoms with van der Waals surface area (Å²) in [6, 6.07) is 12.7. The normalized spacial score (nSPS) is 14.0. The van der Waals surface area contributed by atoms with Gasteiger partial charge in [-0.15, -0.1) is 0 Å². The van der Waals surface area contributed by atoms with Gasteiger partial charge in [0.25, 0.3) is 0 Å². The van der Waals surface area contributed by atoms with Crippen molar-refractivity contribution in [1.82, 2.24) is 0 Å². The molecule has 0 spiro atoms. The molecular weight excluding hydrogens is 1170 g/mol. The molecule has 0 aliphatic carbocycles. The fourth-order valence-corrected chi connectivity index (χ4v) is 9.16. The summed E-state index contributed by atoms with van der Waals surface area (Å²) in [6.07, 6.45) is 0. The molecule has 0 bridgehead atoms. The van der Waals surface area contributed by atoms with Gasteiger partial charge in [0.05, 0.1) is 18.6 Å². The lowest BCUT2D eigenvalue weighted by Crippen LogP contribution is -2.13. The van der Waals surface area contributed by atoms with Crippen molar-refractivity contribution in [2.75, 3.05) is 23.9 Å². The maximum absolute atomic E-state index is 6.35. The van der Waals surface area contributed by atoms with E-state index in [2.05, 4.69) is 203 Å². The molecule has 0 fully saturated rings. The Hall–Kier alpha value is 1.80. The third-order valence-corrected chi connectivity index (χ3v) is 14.6. The Kier molecular flexibility index (Phi) is 13.3. The maximum atomic E-state index is 6.35.